The highest BCUT2D eigenvalue weighted by Gasteiger charge is 2.20. The number of hydrogen-bond donors (Lipinski definition) is 1. The highest BCUT2D eigenvalue weighted by molar-refractivity contribution is 9.09. The molecule has 1 saturated carbocycles. The summed E-state index contributed by atoms with van der Waals surface area (Å²) in [5.74, 6) is -0.00822. The van der Waals surface area contributed by atoms with E-state index in [0.29, 0.717) is 16.4 Å². The standard InChI is InChI=1S/C12H15BrN2O/c13-10-3-5-11(6-4-10)15-12(16)9-2-1-7-14-8-9/h1-2,7-8,10-11H,3-6H2,(H,15,16). The van der Waals surface area contributed by atoms with Crippen LogP contribution in [0.25, 0.3) is 0 Å². The van der Waals surface area contributed by atoms with Gasteiger partial charge in [0.15, 0.2) is 0 Å². The predicted molar refractivity (Wildman–Crippen MR) is 66.7 cm³/mol. The van der Waals surface area contributed by atoms with Gasteiger partial charge in [0.25, 0.3) is 5.91 Å². The van der Waals surface area contributed by atoms with Crippen molar-refractivity contribution in [1.29, 1.82) is 0 Å². The van der Waals surface area contributed by atoms with E-state index in [4.69, 9.17) is 0 Å². The van der Waals surface area contributed by atoms with Crippen LogP contribution in [0.1, 0.15) is 36.0 Å². The Labute approximate surface area is 104 Å². The molecule has 1 aromatic heterocycles. The van der Waals surface area contributed by atoms with Gasteiger partial charge in [0.05, 0.1) is 5.56 Å². The molecule has 0 saturated heterocycles. The van der Waals surface area contributed by atoms with Gasteiger partial charge in [0, 0.05) is 23.3 Å². The molecule has 0 unspecified atom stereocenters. The molecular weight excluding hydrogens is 268 g/mol. The van der Waals surface area contributed by atoms with E-state index in [-0.39, 0.29) is 5.91 Å². The first-order valence-corrected chi connectivity index (χ1v) is 6.52. The van der Waals surface area contributed by atoms with Gasteiger partial charge in [-0.2, -0.15) is 0 Å². The first kappa shape index (κ1) is 11.6. The zero-order chi connectivity index (χ0) is 11.4. The average molecular weight is 283 g/mol. The maximum atomic E-state index is 11.8. The van der Waals surface area contributed by atoms with E-state index in [0.717, 1.165) is 25.7 Å². The van der Waals surface area contributed by atoms with Crippen molar-refractivity contribution in [2.45, 2.75) is 36.6 Å². The van der Waals surface area contributed by atoms with Crippen LogP contribution < -0.4 is 5.32 Å². The van der Waals surface area contributed by atoms with E-state index in [2.05, 4.69) is 26.2 Å². The molecule has 0 bridgehead atoms. The Bertz CT molecular complexity index is 347. The second-order valence-corrected chi connectivity index (χ2v) is 5.46. The predicted octanol–water partition coefficient (Wildman–Crippen LogP) is 2.52. The summed E-state index contributed by atoms with van der Waals surface area (Å²) < 4.78 is 0. The molecule has 0 atom stereocenters. The van der Waals surface area contributed by atoms with Crippen molar-refractivity contribution >= 4 is 21.8 Å². The minimum atomic E-state index is -0.00822. The largest absolute Gasteiger partial charge is 0.349 e. The number of pyridine rings is 1. The monoisotopic (exact) mass is 282 g/mol. The maximum absolute atomic E-state index is 11.8. The molecule has 1 heterocycles. The van der Waals surface area contributed by atoms with Gasteiger partial charge >= 0.3 is 0 Å². The van der Waals surface area contributed by atoms with Crippen LogP contribution in [0.5, 0.6) is 0 Å². The Hall–Kier alpha value is -0.900. The van der Waals surface area contributed by atoms with Gasteiger partial charge in [-0.1, -0.05) is 15.9 Å². The normalized spacial score (nSPS) is 25.1. The lowest BCUT2D eigenvalue weighted by Crippen LogP contribution is -2.37. The first-order chi connectivity index (χ1) is 7.75. The average Bonchev–Trinajstić information content (AvgIpc) is 2.33. The lowest BCUT2D eigenvalue weighted by atomic mass is 9.95. The molecule has 2 rings (SSSR count). The van der Waals surface area contributed by atoms with Crippen molar-refractivity contribution in [2.24, 2.45) is 0 Å². The third-order valence-corrected chi connectivity index (χ3v) is 3.83. The number of rotatable bonds is 2. The lowest BCUT2D eigenvalue weighted by molar-refractivity contribution is 0.0928. The summed E-state index contributed by atoms with van der Waals surface area (Å²) >= 11 is 3.60. The number of alkyl halides is 1. The molecule has 3 nitrogen and oxygen atoms in total. The number of carbonyl (C=O) groups is 1. The van der Waals surface area contributed by atoms with E-state index in [1.165, 1.54) is 0 Å². The molecule has 1 aromatic rings. The van der Waals surface area contributed by atoms with E-state index >= 15 is 0 Å². The van der Waals surface area contributed by atoms with E-state index in [9.17, 15) is 4.79 Å². The summed E-state index contributed by atoms with van der Waals surface area (Å²) in [5.41, 5.74) is 0.642. The number of nitrogens with one attached hydrogen (secondary N) is 1. The van der Waals surface area contributed by atoms with Crippen LogP contribution in [0.4, 0.5) is 0 Å². The Morgan fingerprint density at radius 1 is 1.38 bits per heavy atom. The lowest BCUT2D eigenvalue weighted by Gasteiger charge is -2.25. The third-order valence-electron chi connectivity index (χ3n) is 2.92. The van der Waals surface area contributed by atoms with Crippen LogP contribution in [0, 0.1) is 0 Å². The fraction of sp³-hybridized carbons (Fsp3) is 0.500. The number of hydrogen-bond acceptors (Lipinski definition) is 2. The summed E-state index contributed by atoms with van der Waals surface area (Å²) in [7, 11) is 0. The number of carbonyl (C=O) groups excluding carboxylic acids is 1. The van der Waals surface area contributed by atoms with Crippen molar-refractivity contribution in [3.8, 4) is 0 Å². The number of halogens is 1. The van der Waals surface area contributed by atoms with Gasteiger partial charge in [0.2, 0.25) is 0 Å². The summed E-state index contributed by atoms with van der Waals surface area (Å²) in [4.78, 5) is 16.4. The number of nitrogens with zero attached hydrogens (tertiary/aromatic N) is 1. The summed E-state index contributed by atoms with van der Waals surface area (Å²) in [5, 5.41) is 3.06. The molecule has 1 amide bonds. The molecule has 86 valence electrons. The molecule has 1 N–H and O–H groups in total. The van der Waals surface area contributed by atoms with Crippen molar-refractivity contribution in [3.05, 3.63) is 30.1 Å². The summed E-state index contributed by atoms with van der Waals surface area (Å²) in [6.07, 6.45) is 7.66. The maximum Gasteiger partial charge on any atom is 0.253 e. The minimum absolute atomic E-state index is 0.00822. The fourth-order valence-electron chi connectivity index (χ4n) is 1.96. The van der Waals surface area contributed by atoms with Crippen LogP contribution >= 0.6 is 15.9 Å². The van der Waals surface area contributed by atoms with Crippen molar-refractivity contribution in [1.82, 2.24) is 10.3 Å². The molecule has 16 heavy (non-hydrogen) atoms. The van der Waals surface area contributed by atoms with E-state index < -0.39 is 0 Å². The Kier molecular flexibility index (Phi) is 3.93. The van der Waals surface area contributed by atoms with Crippen molar-refractivity contribution in [2.75, 3.05) is 0 Å². The molecule has 1 fully saturated rings. The van der Waals surface area contributed by atoms with Gasteiger partial charge in [-0.25, -0.2) is 0 Å². The SMILES string of the molecule is O=C(NC1CCC(Br)CC1)c1cccnc1. The van der Waals surface area contributed by atoms with Gasteiger partial charge in [-0.15, -0.1) is 0 Å². The summed E-state index contributed by atoms with van der Waals surface area (Å²) in [6.45, 7) is 0. The van der Waals surface area contributed by atoms with Crippen LogP contribution in [-0.4, -0.2) is 21.8 Å². The Morgan fingerprint density at radius 3 is 2.75 bits per heavy atom. The highest BCUT2D eigenvalue weighted by atomic mass is 79.9. The van der Waals surface area contributed by atoms with Gasteiger partial charge in [-0.3, -0.25) is 9.78 Å². The molecule has 0 spiro atoms. The van der Waals surface area contributed by atoms with Crippen LogP contribution in [0.3, 0.4) is 0 Å². The van der Waals surface area contributed by atoms with Crippen molar-refractivity contribution < 1.29 is 4.79 Å². The van der Waals surface area contributed by atoms with Gasteiger partial charge in [0.1, 0.15) is 0 Å². The highest BCUT2D eigenvalue weighted by Crippen LogP contribution is 2.24. The van der Waals surface area contributed by atoms with Crippen LogP contribution in [0.15, 0.2) is 24.5 Å². The molecule has 0 aliphatic heterocycles. The third kappa shape index (κ3) is 3.04. The van der Waals surface area contributed by atoms with Gasteiger partial charge < -0.3 is 5.32 Å². The smallest absolute Gasteiger partial charge is 0.253 e. The first-order valence-electron chi connectivity index (χ1n) is 5.60. The zero-order valence-corrected chi connectivity index (χ0v) is 10.6. The van der Waals surface area contributed by atoms with Gasteiger partial charge in [-0.05, 0) is 37.8 Å². The quantitative estimate of drug-likeness (QED) is 0.847. The van der Waals surface area contributed by atoms with Crippen LogP contribution in [0.2, 0.25) is 0 Å². The molecular formula is C12H15BrN2O. The molecule has 0 radical (unpaired) electrons. The topological polar surface area (TPSA) is 42.0 Å². The zero-order valence-electron chi connectivity index (χ0n) is 9.03. The number of aromatic nitrogens is 1. The molecule has 1 aliphatic rings. The summed E-state index contributed by atoms with van der Waals surface area (Å²) in [6, 6.07) is 3.89. The van der Waals surface area contributed by atoms with Crippen LogP contribution in [-0.2, 0) is 0 Å². The fourth-order valence-corrected chi connectivity index (χ4v) is 2.49. The second-order valence-electron chi connectivity index (χ2n) is 4.16. The Morgan fingerprint density at radius 2 is 2.12 bits per heavy atom. The minimum Gasteiger partial charge on any atom is -0.349 e. The van der Waals surface area contributed by atoms with E-state index in [1.54, 1.807) is 24.5 Å². The molecule has 0 aromatic carbocycles. The second kappa shape index (κ2) is 5.43. The number of amides is 1. The molecule has 1 aliphatic carbocycles. The van der Waals surface area contributed by atoms with E-state index in [1.807, 2.05) is 0 Å². The Balaban J connectivity index is 1.88. The molecule has 4 heteroatoms. The van der Waals surface area contributed by atoms with Crippen molar-refractivity contribution in [3.63, 3.8) is 0 Å².